The normalized spacial score (nSPS) is 14.2. The highest BCUT2D eigenvalue weighted by Crippen LogP contribution is 2.37. The monoisotopic (exact) mass is 446 g/mol. The molecule has 1 atom stereocenters. The van der Waals surface area contributed by atoms with Crippen LogP contribution in [0.3, 0.4) is 0 Å². The Balaban J connectivity index is 1.50. The Morgan fingerprint density at radius 3 is 2.72 bits per heavy atom. The molecule has 1 N–H and O–H groups in total. The zero-order valence-corrected chi connectivity index (χ0v) is 19.1. The van der Waals surface area contributed by atoms with Gasteiger partial charge in [0.25, 0.3) is 5.56 Å². The number of thiophene rings is 1. The number of fused-ring (bicyclic) bond motifs is 3. The minimum atomic E-state index is -0.118. The first kappa shape index (κ1) is 20.8. The summed E-state index contributed by atoms with van der Waals surface area (Å²) in [5.74, 6) is 1.87. The van der Waals surface area contributed by atoms with Crippen molar-refractivity contribution >= 4 is 21.6 Å². The molecule has 0 aliphatic heterocycles. The Morgan fingerprint density at radius 1 is 1.09 bits per heavy atom. The lowest BCUT2D eigenvalue weighted by molar-refractivity contribution is 0.211. The molecule has 0 fully saturated rings. The zero-order valence-electron chi connectivity index (χ0n) is 18.3. The van der Waals surface area contributed by atoms with Crippen molar-refractivity contribution in [3.8, 4) is 22.9 Å². The third-order valence-electron chi connectivity index (χ3n) is 5.91. The molecule has 0 bridgehead atoms. The number of ether oxygens (including phenoxy) is 2. The van der Waals surface area contributed by atoms with Crippen molar-refractivity contribution in [2.45, 2.75) is 45.6 Å². The second-order valence-electron chi connectivity index (χ2n) is 8.07. The van der Waals surface area contributed by atoms with Crippen molar-refractivity contribution in [2.75, 3.05) is 6.61 Å². The smallest absolute Gasteiger partial charge is 0.260 e. The summed E-state index contributed by atoms with van der Waals surface area (Å²) in [7, 11) is 0. The van der Waals surface area contributed by atoms with Gasteiger partial charge in [-0.05, 0) is 68.9 Å². The Bertz CT molecular complexity index is 1310. The van der Waals surface area contributed by atoms with Gasteiger partial charge in [-0.25, -0.2) is 4.98 Å². The van der Waals surface area contributed by atoms with Crippen LogP contribution in [0.4, 0.5) is 0 Å². The summed E-state index contributed by atoms with van der Waals surface area (Å²) in [5.41, 5.74) is 3.04. The van der Waals surface area contributed by atoms with Gasteiger partial charge in [0.15, 0.2) is 11.5 Å². The van der Waals surface area contributed by atoms with E-state index in [-0.39, 0.29) is 11.7 Å². The van der Waals surface area contributed by atoms with Gasteiger partial charge < -0.3 is 14.5 Å². The summed E-state index contributed by atoms with van der Waals surface area (Å²) in [6.07, 6.45) is 4.23. The number of aromatic nitrogens is 2. The minimum Gasteiger partial charge on any atom is -0.490 e. The first-order valence-electron chi connectivity index (χ1n) is 11.2. The standard InChI is InChI=1S/C26H26N2O3S/c1-3-30-21-15-18(13-14-20(21)31-16(2)17-9-5-4-6-10-17)24-27-25(29)23-19-11-7-8-12-22(19)32-26(23)28-24/h4-6,9-10,13-16H,3,7-8,11-12H2,1-2H3,(H,27,28,29)/t16-/m0/s1. The summed E-state index contributed by atoms with van der Waals surface area (Å²) >= 11 is 1.66. The van der Waals surface area contributed by atoms with E-state index in [0.717, 1.165) is 40.6 Å². The van der Waals surface area contributed by atoms with E-state index >= 15 is 0 Å². The topological polar surface area (TPSA) is 64.2 Å². The minimum absolute atomic E-state index is 0.0552. The van der Waals surface area contributed by atoms with Gasteiger partial charge in [-0.15, -0.1) is 11.3 Å². The largest absolute Gasteiger partial charge is 0.490 e. The molecule has 5 rings (SSSR count). The second kappa shape index (κ2) is 8.79. The van der Waals surface area contributed by atoms with Crippen molar-refractivity contribution in [2.24, 2.45) is 0 Å². The Hall–Kier alpha value is -3.12. The molecule has 164 valence electrons. The molecule has 1 aliphatic rings. The summed E-state index contributed by atoms with van der Waals surface area (Å²) in [6.45, 7) is 4.48. The van der Waals surface area contributed by atoms with Crippen molar-refractivity contribution in [3.05, 3.63) is 74.9 Å². The molecule has 0 amide bonds. The molecule has 2 aromatic heterocycles. The van der Waals surface area contributed by atoms with Crippen molar-refractivity contribution in [3.63, 3.8) is 0 Å². The van der Waals surface area contributed by atoms with Crippen molar-refractivity contribution in [1.82, 2.24) is 9.97 Å². The molecule has 32 heavy (non-hydrogen) atoms. The van der Waals surface area contributed by atoms with Gasteiger partial charge in [-0.2, -0.15) is 0 Å². The maximum absolute atomic E-state index is 12.9. The average Bonchev–Trinajstić information content (AvgIpc) is 3.20. The maximum Gasteiger partial charge on any atom is 0.260 e. The third-order valence-corrected chi connectivity index (χ3v) is 7.10. The van der Waals surface area contributed by atoms with Gasteiger partial charge in [-0.1, -0.05) is 30.3 Å². The van der Waals surface area contributed by atoms with E-state index in [1.165, 1.54) is 16.9 Å². The highest BCUT2D eigenvalue weighted by Gasteiger charge is 2.20. The van der Waals surface area contributed by atoms with E-state index in [1.54, 1.807) is 11.3 Å². The number of nitrogens with one attached hydrogen (secondary N) is 1. The van der Waals surface area contributed by atoms with Crippen LogP contribution < -0.4 is 15.0 Å². The fourth-order valence-electron chi connectivity index (χ4n) is 4.30. The summed E-state index contributed by atoms with van der Waals surface area (Å²) in [4.78, 5) is 22.9. The summed E-state index contributed by atoms with van der Waals surface area (Å²) in [5, 5.41) is 0.773. The number of hydrogen-bond acceptors (Lipinski definition) is 5. The number of rotatable bonds is 6. The molecule has 2 heterocycles. The van der Waals surface area contributed by atoms with Gasteiger partial charge in [0.05, 0.1) is 12.0 Å². The third kappa shape index (κ3) is 3.91. The summed E-state index contributed by atoms with van der Waals surface area (Å²) < 4.78 is 12.1. The second-order valence-corrected chi connectivity index (χ2v) is 9.15. The van der Waals surface area contributed by atoms with Gasteiger partial charge in [-0.3, -0.25) is 4.79 Å². The molecular weight excluding hydrogens is 420 g/mol. The van der Waals surface area contributed by atoms with Gasteiger partial charge in [0, 0.05) is 10.4 Å². The maximum atomic E-state index is 12.9. The van der Waals surface area contributed by atoms with Crippen LogP contribution in [0.2, 0.25) is 0 Å². The first-order valence-corrected chi connectivity index (χ1v) is 12.0. The van der Waals surface area contributed by atoms with Crippen molar-refractivity contribution < 1.29 is 9.47 Å². The number of hydrogen-bond donors (Lipinski definition) is 1. The van der Waals surface area contributed by atoms with Crippen LogP contribution in [-0.4, -0.2) is 16.6 Å². The van der Waals surface area contributed by atoms with Crippen LogP contribution in [0, 0.1) is 0 Å². The van der Waals surface area contributed by atoms with Crippen LogP contribution in [0.1, 0.15) is 48.8 Å². The van der Waals surface area contributed by atoms with E-state index in [1.807, 2.05) is 62.4 Å². The van der Waals surface area contributed by atoms with E-state index in [2.05, 4.69) is 4.98 Å². The van der Waals surface area contributed by atoms with Crippen LogP contribution in [0.15, 0.2) is 53.3 Å². The highest BCUT2D eigenvalue weighted by molar-refractivity contribution is 7.18. The lowest BCUT2D eigenvalue weighted by Crippen LogP contribution is -2.11. The molecule has 5 nitrogen and oxygen atoms in total. The molecule has 0 saturated carbocycles. The fourth-order valence-corrected chi connectivity index (χ4v) is 5.57. The average molecular weight is 447 g/mol. The Labute approximate surface area is 191 Å². The first-order chi connectivity index (χ1) is 15.6. The lowest BCUT2D eigenvalue weighted by Gasteiger charge is -2.18. The number of nitrogens with zero attached hydrogens (tertiary/aromatic N) is 1. The van der Waals surface area contributed by atoms with E-state index in [9.17, 15) is 4.79 Å². The molecule has 0 radical (unpaired) electrons. The molecule has 4 aromatic rings. The lowest BCUT2D eigenvalue weighted by atomic mass is 9.97. The Morgan fingerprint density at radius 2 is 1.91 bits per heavy atom. The highest BCUT2D eigenvalue weighted by atomic mass is 32.1. The predicted molar refractivity (Wildman–Crippen MR) is 129 cm³/mol. The quantitative estimate of drug-likeness (QED) is 0.390. The van der Waals surface area contributed by atoms with Gasteiger partial charge >= 0.3 is 0 Å². The molecule has 0 spiro atoms. The molecule has 0 unspecified atom stereocenters. The van der Waals surface area contributed by atoms with Crippen LogP contribution >= 0.6 is 11.3 Å². The SMILES string of the molecule is CCOc1cc(-c2nc3sc4c(c3c(=O)[nH]2)CCCC4)ccc1O[C@@H](C)c1ccccc1. The van der Waals surface area contributed by atoms with E-state index < -0.39 is 0 Å². The van der Waals surface area contributed by atoms with Crippen LogP contribution in [0.25, 0.3) is 21.6 Å². The summed E-state index contributed by atoms with van der Waals surface area (Å²) in [6, 6.07) is 15.8. The fraction of sp³-hybridized carbons (Fsp3) is 0.308. The molecule has 0 saturated heterocycles. The number of H-pyrrole nitrogens is 1. The Kier molecular flexibility index (Phi) is 5.70. The number of aryl methyl sites for hydroxylation is 2. The predicted octanol–water partition coefficient (Wildman–Crippen LogP) is 6.07. The van der Waals surface area contributed by atoms with E-state index in [4.69, 9.17) is 14.5 Å². The molecule has 2 aromatic carbocycles. The number of benzene rings is 2. The van der Waals surface area contributed by atoms with Gasteiger partial charge in [0.2, 0.25) is 0 Å². The molecule has 6 heteroatoms. The zero-order chi connectivity index (χ0) is 22.1. The van der Waals surface area contributed by atoms with E-state index in [0.29, 0.717) is 23.9 Å². The number of aromatic amines is 1. The van der Waals surface area contributed by atoms with Crippen LogP contribution in [0.5, 0.6) is 11.5 Å². The molecule has 1 aliphatic carbocycles. The van der Waals surface area contributed by atoms with Gasteiger partial charge in [0.1, 0.15) is 16.8 Å². The van der Waals surface area contributed by atoms with Crippen molar-refractivity contribution in [1.29, 1.82) is 0 Å². The molecular formula is C26H26N2O3S. The van der Waals surface area contributed by atoms with Crippen LogP contribution in [-0.2, 0) is 12.8 Å².